The maximum Gasteiger partial charge on any atom is 0.251 e. The van der Waals surface area contributed by atoms with Crippen LogP contribution in [0.5, 0.6) is 5.75 Å². The molecule has 0 aromatic heterocycles. The second-order valence-corrected chi connectivity index (χ2v) is 9.20. The molecule has 2 aromatic carbocycles. The summed E-state index contributed by atoms with van der Waals surface area (Å²) in [5.74, 6) is 1.00. The van der Waals surface area contributed by atoms with Crippen molar-refractivity contribution < 1.29 is 17.9 Å². The molecule has 2 rings (SSSR count). The molecule has 1 atom stereocenters. The molecular formula is C22H30N2O4S. The van der Waals surface area contributed by atoms with Crippen molar-refractivity contribution in [2.24, 2.45) is 5.92 Å². The molecule has 1 unspecified atom stereocenters. The van der Waals surface area contributed by atoms with E-state index in [0.29, 0.717) is 31.1 Å². The van der Waals surface area contributed by atoms with Crippen molar-refractivity contribution in [1.29, 1.82) is 0 Å². The summed E-state index contributed by atoms with van der Waals surface area (Å²) in [5.41, 5.74) is 1.36. The second kappa shape index (κ2) is 10.4. The molecule has 2 N–H and O–H groups in total. The zero-order valence-corrected chi connectivity index (χ0v) is 18.3. The van der Waals surface area contributed by atoms with Crippen LogP contribution in [0, 0.1) is 5.92 Å². The van der Waals surface area contributed by atoms with Crippen LogP contribution in [0.2, 0.25) is 0 Å². The Bertz CT molecular complexity index is 891. The average Bonchev–Trinajstić information content (AvgIpc) is 2.70. The molecule has 0 fully saturated rings. The van der Waals surface area contributed by atoms with Gasteiger partial charge in [-0.3, -0.25) is 4.79 Å². The van der Waals surface area contributed by atoms with Crippen LogP contribution < -0.4 is 14.8 Å². The minimum absolute atomic E-state index is 0.145. The van der Waals surface area contributed by atoms with Gasteiger partial charge in [-0.05, 0) is 61.2 Å². The summed E-state index contributed by atoms with van der Waals surface area (Å²) in [4.78, 5) is 12.5. The first kappa shape index (κ1) is 22.9. The van der Waals surface area contributed by atoms with Gasteiger partial charge in [-0.2, -0.15) is 0 Å². The van der Waals surface area contributed by atoms with Crippen LogP contribution in [0.25, 0.3) is 0 Å². The van der Waals surface area contributed by atoms with E-state index in [0.717, 1.165) is 11.3 Å². The van der Waals surface area contributed by atoms with Crippen LogP contribution in [0.1, 0.15) is 50.0 Å². The number of carbonyl (C=O) groups is 1. The lowest BCUT2D eigenvalue weighted by molar-refractivity contribution is 0.0951. The number of hydrogen-bond acceptors (Lipinski definition) is 4. The van der Waals surface area contributed by atoms with Crippen LogP contribution in [-0.4, -0.2) is 27.0 Å². The van der Waals surface area contributed by atoms with Crippen molar-refractivity contribution in [3.8, 4) is 5.75 Å². The minimum Gasteiger partial charge on any atom is -0.493 e. The molecular weight excluding hydrogens is 388 g/mol. The first-order valence-electron chi connectivity index (χ1n) is 9.83. The SMILES string of the molecule is CCC(C)NS(=O)(=O)c1ccc(C(=O)NCc2ccc(OCC(C)C)cc2)cc1. The van der Waals surface area contributed by atoms with Gasteiger partial charge in [-0.1, -0.05) is 32.9 Å². The Morgan fingerprint density at radius 3 is 2.17 bits per heavy atom. The van der Waals surface area contributed by atoms with E-state index in [1.165, 1.54) is 24.3 Å². The summed E-state index contributed by atoms with van der Waals surface area (Å²) in [6.45, 7) is 8.94. The molecule has 0 saturated carbocycles. The van der Waals surface area contributed by atoms with Gasteiger partial charge in [0.05, 0.1) is 11.5 Å². The second-order valence-electron chi connectivity index (χ2n) is 7.49. The van der Waals surface area contributed by atoms with Gasteiger partial charge in [0.25, 0.3) is 5.91 Å². The molecule has 0 heterocycles. The Kier molecular flexibility index (Phi) is 8.22. The van der Waals surface area contributed by atoms with Gasteiger partial charge in [-0.25, -0.2) is 13.1 Å². The van der Waals surface area contributed by atoms with Crippen molar-refractivity contribution in [3.63, 3.8) is 0 Å². The Labute approximate surface area is 173 Å². The van der Waals surface area contributed by atoms with E-state index in [-0.39, 0.29) is 16.8 Å². The third-order valence-corrected chi connectivity index (χ3v) is 5.96. The van der Waals surface area contributed by atoms with Gasteiger partial charge >= 0.3 is 0 Å². The topological polar surface area (TPSA) is 84.5 Å². The average molecular weight is 419 g/mol. The molecule has 158 valence electrons. The Hall–Kier alpha value is -2.38. The van der Waals surface area contributed by atoms with Crippen molar-refractivity contribution in [1.82, 2.24) is 10.0 Å². The molecule has 0 bridgehead atoms. The predicted octanol–water partition coefficient (Wildman–Crippen LogP) is 3.73. The number of sulfonamides is 1. The number of amides is 1. The van der Waals surface area contributed by atoms with Crippen molar-refractivity contribution in [2.75, 3.05) is 6.61 Å². The van der Waals surface area contributed by atoms with E-state index in [1.54, 1.807) is 0 Å². The number of benzene rings is 2. The summed E-state index contributed by atoms with van der Waals surface area (Å²) >= 11 is 0. The summed E-state index contributed by atoms with van der Waals surface area (Å²) in [7, 11) is -3.58. The number of ether oxygens (including phenoxy) is 1. The first-order chi connectivity index (χ1) is 13.7. The van der Waals surface area contributed by atoms with Gasteiger partial charge in [-0.15, -0.1) is 0 Å². The highest BCUT2D eigenvalue weighted by Gasteiger charge is 2.17. The summed E-state index contributed by atoms with van der Waals surface area (Å²) in [5, 5.41) is 2.84. The fraction of sp³-hybridized carbons (Fsp3) is 0.409. The van der Waals surface area contributed by atoms with Crippen molar-refractivity contribution in [2.45, 2.75) is 51.6 Å². The number of hydrogen-bond donors (Lipinski definition) is 2. The van der Waals surface area contributed by atoms with E-state index >= 15 is 0 Å². The van der Waals surface area contributed by atoms with Gasteiger partial charge in [0.2, 0.25) is 10.0 Å². The fourth-order valence-electron chi connectivity index (χ4n) is 2.45. The maximum atomic E-state index is 12.3. The van der Waals surface area contributed by atoms with E-state index in [2.05, 4.69) is 23.9 Å². The molecule has 1 amide bonds. The van der Waals surface area contributed by atoms with E-state index in [1.807, 2.05) is 38.1 Å². The van der Waals surface area contributed by atoms with Gasteiger partial charge in [0.15, 0.2) is 0 Å². The predicted molar refractivity (Wildman–Crippen MR) is 114 cm³/mol. The Balaban J connectivity index is 1.92. The standard InChI is InChI=1S/C22H30N2O4S/c1-5-17(4)24-29(26,27)21-12-8-19(9-13-21)22(25)23-14-18-6-10-20(11-7-18)28-15-16(2)3/h6-13,16-17,24H,5,14-15H2,1-4H3,(H,23,25). The molecule has 0 saturated heterocycles. The smallest absolute Gasteiger partial charge is 0.251 e. The molecule has 0 aliphatic rings. The highest BCUT2D eigenvalue weighted by molar-refractivity contribution is 7.89. The Morgan fingerprint density at radius 2 is 1.62 bits per heavy atom. The van der Waals surface area contributed by atoms with Gasteiger partial charge in [0.1, 0.15) is 5.75 Å². The lowest BCUT2D eigenvalue weighted by Gasteiger charge is -2.12. The summed E-state index contributed by atoms with van der Waals surface area (Å²) < 4.78 is 32.8. The van der Waals surface area contributed by atoms with Crippen molar-refractivity contribution in [3.05, 3.63) is 59.7 Å². The van der Waals surface area contributed by atoms with Crippen LogP contribution in [0.15, 0.2) is 53.4 Å². The lowest BCUT2D eigenvalue weighted by atomic mass is 10.2. The van der Waals surface area contributed by atoms with Gasteiger partial charge < -0.3 is 10.1 Å². The highest BCUT2D eigenvalue weighted by Crippen LogP contribution is 2.14. The maximum absolute atomic E-state index is 12.3. The van der Waals surface area contributed by atoms with E-state index < -0.39 is 10.0 Å². The monoisotopic (exact) mass is 418 g/mol. The van der Waals surface area contributed by atoms with Gasteiger partial charge in [0, 0.05) is 18.2 Å². The molecule has 2 aromatic rings. The zero-order chi connectivity index (χ0) is 21.4. The molecule has 6 nitrogen and oxygen atoms in total. The molecule has 0 aliphatic heterocycles. The summed E-state index contributed by atoms with van der Waals surface area (Å²) in [6.07, 6.45) is 0.699. The quantitative estimate of drug-likeness (QED) is 0.616. The molecule has 0 spiro atoms. The molecule has 7 heteroatoms. The normalized spacial score (nSPS) is 12.6. The number of rotatable bonds is 10. The summed E-state index contributed by atoms with van der Waals surface area (Å²) in [6, 6.07) is 13.4. The third kappa shape index (κ3) is 7.18. The third-order valence-electron chi connectivity index (χ3n) is 4.36. The van der Waals surface area contributed by atoms with Crippen LogP contribution in [0.4, 0.5) is 0 Å². The Morgan fingerprint density at radius 1 is 1.00 bits per heavy atom. The van der Waals surface area contributed by atoms with Crippen LogP contribution in [-0.2, 0) is 16.6 Å². The number of nitrogens with one attached hydrogen (secondary N) is 2. The lowest BCUT2D eigenvalue weighted by Crippen LogP contribution is -2.32. The largest absolute Gasteiger partial charge is 0.493 e. The van der Waals surface area contributed by atoms with E-state index in [9.17, 15) is 13.2 Å². The molecule has 29 heavy (non-hydrogen) atoms. The van der Waals surface area contributed by atoms with Crippen LogP contribution >= 0.6 is 0 Å². The fourth-order valence-corrected chi connectivity index (χ4v) is 3.78. The first-order valence-corrected chi connectivity index (χ1v) is 11.3. The molecule has 0 aliphatic carbocycles. The van der Waals surface area contributed by atoms with Crippen molar-refractivity contribution >= 4 is 15.9 Å². The molecule has 0 radical (unpaired) electrons. The van der Waals surface area contributed by atoms with Crippen LogP contribution in [0.3, 0.4) is 0 Å². The zero-order valence-electron chi connectivity index (χ0n) is 17.4. The minimum atomic E-state index is -3.58. The van der Waals surface area contributed by atoms with E-state index in [4.69, 9.17) is 4.74 Å². The highest BCUT2D eigenvalue weighted by atomic mass is 32.2. The number of carbonyl (C=O) groups excluding carboxylic acids is 1.